The van der Waals surface area contributed by atoms with Crippen molar-refractivity contribution in [2.24, 2.45) is 10.7 Å². The van der Waals surface area contributed by atoms with Gasteiger partial charge in [0.15, 0.2) is 0 Å². The van der Waals surface area contributed by atoms with Crippen LogP contribution in [0.2, 0.25) is 0 Å². The molecule has 0 unspecified atom stereocenters. The number of halogens is 1. The molecule has 0 bridgehead atoms. The van der Waals surface area contributed by atoms with Gasteiger partial charge in [-0.2, -0.15) is 0 Å². The molecule has 1 aliphatic heterocycles. The zero-order valence-corrected chi connectivity index (χ0v) is 11.7. The van der Waals surface area contributed by atoms with E-state index in [1.807, 2.05) is 31.2 Å². The summed E-state index contributed by atoms with van der Waals surface area (Å²) in [7, 11) is 0. The van der Waals surface area contributed by atoms with Crippen molar-refractivity contribution in [3.63, 3.8) is 0 Å². The second kappa shape index (κ2) is 5.40. The second-order valence-corrected chi connectivity index (χ2v) is 4.85. The number of aliphatic imine (C=N–C) groups is 1. The molecule has 106 valence electrons. The van der Waals surface area contributed by atoms with Crippen LogP contribution < -0.4 is 11.1 Å². The molecular formula is C17H16FN3. The van der Waals surface area contributed by atoms with Crippen LogP contribution in [0.5, 0.6) is 0 Å². The predicted molar refractivity (Wildman–Crippen MR) is 85.0 cm³/mol. The van der Waals surface area contributed by atoms with Gasteiger partial charge in [0.1, 0.15) is 11.7 Å². The molecule has 0 atom stereocenters. The van der Waals surface area contributed by atoms with Crippen molar-refractivity contribution in [1.29, 1.82) is 0 Å². The van der Waals surface area contributed by atoms with Crippen molar-refractivity contribution in [1.82, 2.24) is 0 Å². The maximum atomic E-state index is 13.1. The fourth-order valence-electron chi connectivity index (χ4n) is 2.45. The first kappa shape index (κ1) is 13.4. The molecule has 3 nitrogen and oxygen atoms in total. The molecule has 0 radical (unpaired) electrons. The molecule has 3 N–H and O–H groups in total. The lowest BCUT2D eigenvalue weighted by atomic mass is 10.0. The van der Waals surface area contributed by atoms with Gasteiger partial charge in [-0.05, 0) is 36.2 Å². The molecule has 2 aromatic rings. The van der Waals surface area contributed by atoms with Crippen LogP contribution in [0.3, 0.4) is 0 Å². The zero-order chi connectivity index (χ0) is 14.8. The number of amidine groups is 1. The third-order valence-electron chi connectivity index (χ3n) is 3.47. The van der Waals surface area contributed by atoms with Gasteiger partial charge < -0.3 is 11.1 Å². The van der Waals surface area contributed by atoms with Crippen molar-refractivity contribution < 1.29 is 4.39 Å². The van der Waals surface area contributed by atoms with Gasteiger partial charge in [0, 0.05) is 11.3 Å². The number of nitrogens with zero attached hydrogens (tertiary/aromatic N) is 1. The number of nitrogens with one attached hydrogen (secondary N) is 1. The Morgan fingerprint density at radius 1 is 1.10 bits per heavy atom. The third-order valence-corrected chi connectivity index (χ3v) is 3.47. The first-order valence-electron chi connectivity index (χ1n) is 6.88. The van der Waals surface area contributed by atoms with E-state index in [0.29, 0.717) is 5.84 Å². The van der Waals surface area contributed by atoms with Crippen LogP contribution in [-0.2, 0) is 0 Å². The smallest absolute Gasteiger partial charge is 0.133 e. The van der Waals surface area contributed by atoms with Crippen LogP contribution in [0.4, 0.5) is 15.8 Å². The topological polar surface area (TPSA) is 50.4 Å². The van der Waals surface area contributed by atoms with Crippen LogP contribution in [0, 0.1) is 5.82 Å². The van der Waals surface area contributed by atoms with E-state index in [1.165, 1.54) is 12.1 Å². The first-order chi connectivity index (χ1) is 10.2. The summed E-state index contributed by atoms with van der Waals surface area (Å²) in [6.45, 7) is 2.05. The number of para-hydroxylation sites is 2. The summed E-state index contributed by atoms with van der Waals surface area (Å²) < 4.78 is 13.1. The largest absolute Gasteiger partial charge is 0.383 e. The normalized spacial score (nSPS) is 14.1. The minimum Gasteiger partial charge on any atom is -0.383 e. The summed E-state index contributed by atoms with van der Waals surface area (Å²) in [5, 5.41) is 3.39. The average Bonchev–Trinajstić information content (AvgIpc) is 2.64. The van der Waals surface area contributed by atoms with Crippen molar-refractivity contribution in [3.05, 3.63) is 65.6 Å². The Morgan fingerprint density at radius 2 is 1.81 bits per heavy atom. The van der Waals surface area contributed by atoms with Crippen molar-refractivity contribution >= 4 is 22.8 Å². The third kappa shape index (κ3) is 2.52. The van der Waals surface area contributed by atoms with Gasteiger partial charge in [-0.15, -0.1) is 0 Å². The summed E-state index contributed by atoms with van der Waals surface area (Å²) in [5.74, 6) is 0.175. The Kier molecular flexibility index (Phi) is 3.44. The van der Waals surface area contributed by atoms with Crippen LogP contribution in [-0.4, -0.2) is 5.84 Å². The molecule has 21 heavy (non-hydrogen) atoms. The van der Waals surface area contributed by atoms with E-state index in [1.54, 1.807) is 12.1 Å². The summed E-state index contributed by atoms with van der Waals surface area (Å²) >= 11 is 0. The number of hydrogen-bond acceptors (Lipinski definition) is 3. The Bertz CT molecular complexity index is 730. The maximum Gasteiger partial charge on any atom is 0.133 e. The number of nitrogens with two attached hydrogens (primary N) is 1. The lowest BCUT2D eigenvalue weighted by Crippen LogP contribution is -2.16. The molecule has 0 saturated heterocycles. The van der Waals surface area contributed by atoms with E-state index in [9.17, 15) is 4.39 Å². The van der Waals surface area contributed by atoms with Gasteiger partial charge in [-0.1, -0.05) is 31.2 Å². The number of anilines is 1. The number of rotatable bonds is 2. The number of hydrogen-bond donors (Lipinski definition) is 2. The monoisotopic (exact) mass is 281 g/mol. The molecule has 0 aliphatic carbocycles. The summed E-state index contributed by atoms with van der Waals surface area (Å²) in [5.41, 5.74) is 10.6. The summed E-state index contributed by atoms with van der Waals surface area (Å²) in [4.78, 5) is 4.50. The van der Waals surface area contributed by atoms with Crippen molar-refractivity contribution in [2.75, 3.05) is 5.32 Å². The molecule has 3 rings (SSSR count). The summed E-state index contributed by atoms with van der Waals surface area (Å²) in [6.07, 6.45) is 0.775. The van der Waals surface area contributed by atoms with E-state index < -0.39 is 0 Å². The highest BCUT2D eigenvalue weighted by atomic mass is 19.1. The van der Waals surface area contributed by atoms with Crippen LogP contribution in [0.25, 0.3) is 5.57 Å². The molecule has 0 amide bonds. The number of allylic oxidation sites excluding steroid dienone is 1. The Labute approximate surface area is 123 Å². The SMILES string of the molecule is CCC1=C(c2ccc(F)cc2)C(N)=Nc2ccccc2N1. The Morgan fingerprint density at radius 3 is 2.52 bits per heavy atom. The van der Waals surface area contributed by atoms with Gasteiger partial charge in [-0.25, -0.2) is 9.38 Å². The fraction of sp³-hybridized carbons (Fsp3) is 0.118. The molecule has 1 heterocycles. The van der Waals surface area contributed by atoms with Gasteiger partial charge in [-0.3, -0.25) is 0 Å². The molecular weight excluding hydrogens is 265 g/mol. The average molecular weight is 281 g/mol. The molecule has 0 aromatic heterocycles. The fourth-order valence-corrected chi connectivity index (χ4v) is 2.45. The Hall–Kier alpha value is -2.62. The second-order valence-electron chi connectivity index (χ2n) is 4.85. The zero-order valence-electron chi connectivity index (χ0n) is 11.7. The van der Waals surface area contributed by atoms with Crippen molar-refractivity contribution in [3.8, 4) is 0 Å². The highest BCUT2D eigenvalue weighted by Crippen LogP contribution is 2.33. The highest BCUT2D eigenvalue weighted by molar-refractivity contribution is 6.24. The van der Waals surface area contributed by atoms with E-state index in [0.717, 1.165) is 34.6 Å². The van der Waals surface area contributed by atoms with Crippen LogP contribution >= 0.6 is 0 Å². The van der Waals surface area contributed by atoms with Gasteiger partial charge in [0.2, 0.25) is 0 Å². The lowest BCUT2D eigenvalue weighted by Gasteiger charge is -2.13. The van der Waals surface area contributed by atoms with Crippen LogP contribution in [0.1, 0.15) is 18.9 Å². The molecule has 2 aromatic carbocycles. The van der Waals surface area contributed by atoms with E-state index in [-0.39, 0.29) is 5.82 Å². The molecule has 0 fully saturated rings. The van der Waals surface area contributed by atoms with E-state index in [2.05, 4.69) is 10.3 Å². The predicted octanol–water partition coefficient (Wildman–Crippen LogP) is 4.06. The quantitative estimate of drug-likeness (QED) is 0.872. The Balaban J connectivity index is 2.17. The number of fused-ring (bicyclic) bond motifs is 1. The molecule has 1 aliphatic rings. The minimum absolute atomic E-state index is 0.266. The lowest BCUT2D eigenvalue weighted by molar-refractivity contribution is 0.627. The minimum atomic E-state index is -0.266. The summed E-state index contributed by atoms with van der Waals surface area (Å²) in [6, 6.07) is 14.1. The standard InChI is InChI=1S/C17H16FN3/c1-2-13-16(11-7-9-12(18)10-8-11)17(19)21-15-6-4-3-5-14(15)20-13/h3-10,20H,2H2,1H3,(H2,19,21). The maximum absolute atomic E-state index is 13.1. The highest BCUT2D eigenvalue weighted by Gasteiger charge is 2.17. The van der Waals surface area contributed by atoms with Gasteiger partial charge in [0.25, 0.3) is 0 Å². The van der Waals surface area contributed by atoms with E-state index in [4.69, 9.17) is 5.73 Å². The molecule has 4 heteroatoms. The van der Waals surface area contributed by atoms with Crippen LogP contribution in [0.15, 0.2) is 59.2 Å². The first-order valence-corrected chi connectivity index (χ1v) is 6.88. The van der Waals surface area contributed by atoms with Gasteiger partial charge >= 0.3 is 0 Å². The van der Waals surface area contributed by atoms with Gasteiger partial charge in [0.05, 0.1) is 11.4 Å². The molecule has 0 saturated carbocycles. The van der Waals surface area contributed by atoms with Crippen molar-refractivity contribution in [2.45, 2.75) is 13.3 Å². The number of benzene rings is 2. The molecule has 0 spiro atoms. The van der Waals surface area contributed by atoms with E-state index >= 15 is 0 Å².